The van der Waals surface area contributed by atoms with Crippen LogP contribution in [0.1, 0.15) is 47.0 Å². The fraction of sp³-hybridized carbons (Fsp3) is 0.111. The number of ether oxygens (including phenoxy) is 1. The van der Waals surface area contributed by atoms with Gasteiger partial charge in [-0.3, -0.25) is 16.0 Å². The molecular weight excluding hydrogens is 504 g/mol. The van der Waals surface area contributed by atoms with Gasteiger partial charge in [-0.1, -0.05) is 121 Å². The molecule has 0 saturated carbocycles. The summed E-state index contributed by atoms with van der Waals surface area (Å²) in [6, 6.07) is 46.9. The molecule has 0 aliphatic carbocycles. The Morgan fingerprint density at radius 2 is 1.00 bits per heavy atom. The summed E-state index contributed by atoms with van der Waals surface area (Å²) in [7, 11) is 0. The number of hydrogen-bond acceptors (Lipinski definition) is 5. The van der Waals surface area contributed by atoms with Crippen molar-refractivity contribution in [2.24, 2.45) is 0 Å². The molecule has 1 fully saturated rings. The summed E-state index contributed by atoms with van der Waals surface area (Å²) in [5, 5.41) is 19.6. The molecule has 8 rings (SSSR count). The van der Waals surface area contributed by atoms with Crippen molar-refractivity contribution in [2.75, 3.05) is 5.32 Å². The smallest absolute Gasteiger partial charge is 0.196 e. The molecule has 41 heavy (non-hydrogen) atoms. The molecule has 0 spiro atoms. The van der Waals surface area contributed by atoms with Crippen molar-refractivity contribution in [1.82, 2.24) is 16.0 Å². The van der Waals surface area contributed by atoms with Crippen molar-refractivity contribution >= 4 is 27.2 Å². The topological polar surface area (TPSA) is 57.4 Å². The number of fused-ring (bicyclic) bond motifs is 5. The molecule has 6 aromatic rings. The van der Waals surface area contributed by atoms with Gasteiger partial charge in [-0.15, -0.1) is 0 Å². The van der Waals surface area contributed by atoms with E-state index in [1.807, 2.05) is 18.2 Å². The van der Waals surface area contributed by atoms with Crippen molar-refractivity contribution < 1.29 is 4.74 Å². The van der Waals surface area contributed by atoms with Crippen LogP contribution in [-0.2, 0) is 0 Å². The lowest BCUT2D eigenvalue weighted by atomic mass is 9.97. The van der Waals surface area contributed by atoms with Gasteiger partial charge in [0.25, 0.3) is 0 Å². The fourth-order valence-electron chi connectivity index (χ4n) is 6.14. The van der Waals surface area contributed by atoms with Crippen molar-refractivity contribution in [2.45, 2.75) is 24.7 Å². The Balaban J connectivity index is 1.17. The summed E-state index contributed by atoms with van der Waals surface area (Å²) >= 11 is 0. The highest BCUT2D eigenvalue weighted by atomic mass is 16.5. The minimum atomic E-state index is -0.195. The molecule has 0 bridgehead atoms. The van der Waals surface area contributed by atoms with Crippen LogP contribution in [0.25, 0.3) is 21.5 Å². The first-order valence-corrected chi connectivity index (χ1v) is 14.2. The van der Waals surface area contributed by atoms with Crippen LogP contribution in [0.2, 0.25) is 0 Å². The Morgan fingerprint density at radius 3 is 1.63 bits per heavy atom. The van der Waals surface area contributed by atoms with Crippen molar-refractivity contribution in [3.63, 3.8) is 0 Å². The predicted octanol–water partition coefficient (Wildman–Crippen LogP) is 7.67. The van der Waals surface area contributed by atoms with Gasteiger partial charge in [0.1, 0.15) is 0 Å². The van der Waals surface area contributed by atoms with E-state index < -0.39 is 0 Å². The van der Waals surface area contributed by atoms with Crippen LogP contribution in [-0.4, -0.2) is 0 Å². The summed E-state index contributed by atoms with van der Waals surface area (Å²) in [6.07, 6.45) is -0.247. The number of nitrogens with one attached hydrogen (secondary N) is 4. The molecule has 0 amide bonds. The fourth-order valence-corrected chi connectivity index (χ4v) is 6.14. The van der Waals surface area contributed by atoms with E-state index in [0.717, 1.165) is 22.4 Å². The quantitative estimate of drug-likeness (QED) is 0.175. The molecule has 2 aliphatic heterocycles. The highest BCUT2D eigenvalue weighted by Crippen LogP contribution is 2.45. The number of rotatable bonds is 4. The molecule has 6 aromatic carbocycles. The average Bonchev–Trinajstić information content (AvgIpc) is 3.50. The molecule has 5 nitrogen and oxygen atoms in total. The lowest BCUT2D eigenvalue weighted by Crippen LogP contribution is -2.54. The second-order valence-electron chi connectivity index (χ2n) is 10.8. The van der Waals surface area contributed by atoms with Gasteiger partial charge in [-0.2, -0.15) is 0 Å². The Kier molecular flexibility index (Phi) is 5.92. The molecule has 0 radical (unpaired) electrons. The molecular formula is C36H30N4O. The van der Waals surface area contributed by atoms with E-state index in [2.05, 4.69) is 137 Å². The third kappa shape index (κ3) is 4.41. The van der Waals surface area contributed by atoms with Crippen LogP contribution in [0.4, 0.5) is 5.69 Å². The number of hydrogen-bond donors (Lipinski definition) is 4. The van der Waals surface area contributed by atoms with E-state index in [4.69, 9.17) is 4.74 Å². The highest BCUT2D eigenvalue weighted by Gasteiger charge is 2.30. The van der Waals surface area contributed by atoms with Gasteiger partial charge in [0.2, 0.25) is 0 Å². The number of benzene rings is 6. The highest BCUT2D eigenvalue weighted by molar-refractivity contribution is 6.13. The molecule has 1 saturated heterocycles. The third-order valence-electron chi connectivity index (χ3n) is 8.20. The number of anilines is 1. The van der Waals surface area contributed by atoms with E-state index in [1.165, 1.54) is 32.8 Å². The molecule has 2 heterocycles. The molecule has 4 N–H and O–H groups in total. The van der Waals surface area contributed by atoms with Gasteiger partial charge in [0.15, 0.2) is 12.0 Å². The SMILES string of the molecule is c1ccc(C2NC(c3ccccc3)NC(c3ccc4c(ccc5ccc6c(c54)OC(c4ccccc4)N6)c3)N2)cc1. The second kappa shape index (κ2) is 10.1. The van der Waals surface area contributed by atoms with Crippen molar-refractivity contribution in [1.29, 1.82) is 0 Å². The standard InChI is InChI=1S/C36H30N4O/c1-4-10-24(11-5-1)33-38-34(25-12-6-2-7-13-25)40-35(39-33)28-18-20-29-27(22-28)17-16-23-19-21-30-32(31(23)29)41-36(37-30)26-14-8-3-9-15-26/h1-22,33-40H. The zero-order chi connectivity index (χ0) is 27.2. The Morgan fingerprint density at radius 1 is 0.463 bits per heavy atom. The molecule has 3 atom stereocenters. The minimum Gasteiger partial charge on any atom is -0.464 e. The summed E-state index contributed by atoms with van der Waals surface area (Å²) in [4.78, 5) is 0. The maximum atomic E-state index is 6.54. The monoisotopic (exact) mass is 534 g/mol. The largest absolute Gasteiger partial charge is 0.464 e. The van der Waals surface area contributed by atoms with Crippen LogP contribution < -0.4 is 26.0 Å². The van der Waals surface area contributed by atoms with Gasteiger partial charge in [-0.05, 0) is 45.0 Å². The third-order valence-corrected chi connectivity index (χ3v) is 8.20. The molecule has 2 aliphatic rings. The van der Waals surface area contributed by atoms with Gasteiger partial charge in [0, 0.05) is 10.9 Å². The zero-order valence-corrected chi connectivity index (χ0v) is 22.4. The van der Waals surface area contributed by atoms with Crippen LogP contribution in [0.15, 0.2) is 133 Å². The first kappa shape index (κ1) is 24.1. The Labute approximate surface area is 239 Å². The Hall–Kier alpha value is -4.68. The minimum absolute atomic E-state index is 0.00220. The Bertz CT molecular complexity index is 1800. The van der Waals surface area contributed by atoms with Gasteiger partial charge < -0.3 is 10.1 Å². The zero-order valence-electron chi connectivity index (χ0n) is 22.4. The van der Waals surface area contributed by atoms with Gasteiger partial charge >= 0.3 is 0 Å². The maximum Gasteiger partial charge on any atom is 0.196 e. The summed E-state index contributed by atoms with van der Waals surface area (Å²) in [5.74, 6) is 0.918. The van der Waals surface area contributed by atoms with Crippen LogP contribution >= 0.6 is 0 Å². The summed E-state index contributed by atoms with van der Waals surface area (Å²) < 4.78 is 6.54. The van der Waals surface area contributed by atoms with Gasteiger partial charge in [0.05, 0.1) is 24.2 Å². The lowest BCUT2D eigenvalue weighted by Gasteiger charge is -2.39. The van der Waals surface area contributed by atoms with Crippen molar-refractivity contribution in [3.05, 3.63) is 156 Å². The second-order valence-corrected chi connectivity index (χ2v) is 10.8. The normalized spacial score (nSPS) is 21.8. The van der Waals surface area contributed by atoms with E-state index in [1.54, 1.807) is 0 Å². The summed E-state index contributed by atoms with van der Waals surface area (Å²) in [5.41, 5.74) is 5.75. The van der Waals surface area contributed by atoms with E-state index in [-0.39, 0.29) is 24.7 Å². The molecule has 3 unspecified atom stereocenters. The predicted molar refractivity (Wildman–Crippen MR) is 165 cm³/mol. The lowest BCUT2D eigenvalue weighted by molar-refractivity contribution is 0.203. The van der Waals surface area contributed by atoms with Crippen LogP contribution in [0, 0.1) is 0 Å². The molecule has 5 heteroatoms. The first-order chi connectivity index (χ1) is 20.3. The molecule has 0 aromatic heterocycles. The van der Waals surface area contributed by atoms with E-state index >= 15 is 0 Å². The van der Waals surface area contributed by atoms with Gasteiger partial charge in [-0.25, -0.2) is 0 Å². The van der Waals surface area contributed by atoms with E-state index in [9.17, 15) is 0 Å². The van der Waals surface area contributed by atoms with Crippen LogP contribution in [0.5, 0.6) is 5.75 Å². The summed E-state index contributed by atoms with van der Waals surface area (Å²) in [6.45, 7) is 0. The first-order valence-electron chi connectivity index (χ1n) is 14.2. The maximum absolute atomic E-state index is 6.54. The average molecular weight is 535 g/mol. The van der Waals surface area contributed by atoms with E-state index in [0.29, 0.717) is 0 Å². The molecule has 200 valence electrons. The van der Waals surface area contributed by atoms with Crippen molar-refractivity contribution in [3.8, 4) is 5.75 Å². The van der Waals surface area contributed by atoms with Crippen LogP contribution in [0.3, 0.4) is 0 Å².